The predicted octanol–water partition coefficient (Wildman–Crippen LogP) is -3.71. The Morgan fingerprint density at radius 1 is 1.08 bits per heavy atom. The number of carbonyl (C=O) groups is 5. The van der Waals surface area contributed by atoms with Gasteiger partial charge >= 0.3 is 41.7 Å². The number of primary amides is 1. The molecule has 20 heteroatoms. The van der Waals surface area contributed by atoms with Crippen LogP contribution in [0.3, 0.4) is 0 Å². The second kappa shape index (κ2) is 15.1. The monoisotopic (exact) mass is 688 g/mol. The molecular weight excluding hydrogens is 663 g/mol. The summed E-state index contributed by atoms with van der Waals surface area (Å²) < 4.78 is 4.67. The molecule has 2 aliphatic heterocycles. The zero-order valence-electron chi connectivity index (χ0n) is 24.9. The van der Waals surface area contributed by atoms with Gasteiger partial charge in [-0.05, 0) is 42.0 Å². The van der Waals surface area contributed by atoms with E-state index in [1.165, 1.54) is 36.4 Å². The SMILES string of the molecule is NC(=O)OCC1=C(C(=O)[O-])N2C(=O)C(NC(=O)[C@H](NC(=O)Nc3cnc(Nc4ccc(O)cc4)[nH]c3=O)c3ccc(O)cc3)[C@H]2SC1.[Na+]. The summed E-state index contributed by atoms with van der Waals surface area (Å²) in [4.78, 5) is 82.4. The van der Waals surface area contributed by atoms with E-state index in [2.05, 4.69) is 36.0 Å². The summed E-state index contributed by atoms with van der Waals surface area (Å²) >= 11 is 1.09. The first-order chi connectivity index (χ1) is 22.4. The third kappa shape index (κ3) is 8.00. The Hall–Kier alpha value is -5.24. The van der Waals surface area contributed by atoms with Crippen molar-refractivity contribution in [2.75, 3.05) is 23.0 Å². The van der Waals surface area contributed by atoms with Gasteiger partial charge in [0.15, 0.2) is 0 Å². The van der Waals surface area contributed by atoms with Crippen LogP contribution in [0.5, 0.6) is 11.5 Å². The van der Waals surface area contributed by atoms with Crippen molar-refractivity contribution in [1.29, 1.82) is 0 Å². The molecule has 48 heavy (non-hydrogen) atoms. The fourth-order valence-electron chi connectivity index (χ4n) is 4.66. The number of phenols is 2. The van der Waals surface area contributed by atoms with E-state index in [1.807, 2.05) is 0 Å². The summed E-state index contributed by atoms with van der Waals surface area (Å²) in [6.45, 7) is -0.475. The summed E-state index contributed by atoms with van der Waals surface area (Å²) in [6, 6.07) is 7.52. The standard InChI is InChI=1S/C28H26N8O10S.Na/c29-26(44)46-10-13-11-47-24-19(23(41)36(24)20(13)25(42)43)33-22(40)18(12-1-5-15(37)6-2-12)34-28(45)32-17-9-30-27(35-21(17)39)31-14-3-7-16(38)8-4-14;/h1-9,18-19,24,37-38H,10-11H2,(H2,29,44)(H,33,40)(H,42,43)(H2,32,34,45)(H2,30,31,35,39);/q;+1/p-1/t18-,19?,24-;/m1./s1. The number of thioether (sulfide) groups is 1. The average Bonchev–Trinajstić information content (AvgIpc) is 3.03. The van der Waals surface area contributed by atoms with E-state index in [4.69, 9.17) is 5.73 Å². The molecule has 0 aliphatic carbocycles. The number of ether oxygens (including phenoxy) is 1. The molecule has 0 spiro atoms. The fourth-order valence-corrected chi connectivity index (χ4v) is 5.99. The molecule has 1 unspecified atom stereocenters. The summed E-state index contributed by atoms with van der Waals surface area (Å²) in [5.41, 5.74) is 4.23. The number of carboxylic acids is 1. The molecule has 0 radical (unpaired) electrons. The Labute approximate surface area is 296 Å². The summed E-state index contributed by atoms with van der Waals surface area (Å²) in [7, 11) is 0. The molecule has 1 saturated heterocycles. The molecule has 5 rings (SSSR count). The van der Waals surface area contributed by atoms with Gasteiger partial charge in [-0.3, -0.25) is 24.3 Å². The second-order valence-electron chi connectivity index (χ2n) is 10.0. The van der Waals surface area contributed by atoms with E-state index in [0.717, 1.165) is 22.9 Å². The Morgan fingerprint density at radius 3 is 2.33 bits per heavy atom. The number of fused-ring (bicyclic) bond motifs is 1. The number of benzene rings is 2. The summed E-state index contributed by atoms with van der Waals surface area (Å²) in [5, 5.41) is 40.2. The molecule has 18 nitrogen and oxygen atoms in total. The summed E-state index contributed by atoms with van der Waals surface area (Å²) in [5.74, 6) is -3.38. The van der Waals surface area contributed by atoms with Crippen LogP contribution in [0.25, 0.3) is 0 Å². The minimum Gasteiger partial charge on any atom is -0.543 e. The normalized spacial score (nSPS) is 17.1. The number of H-pyrrole nitrogens is 1. The number of hydrogen-bond donors (Lipinski definition) is 8. The maximum Gasteiger partial charge on any atom is 1.00 e. The fraction of sp³-hybridized carbons (Fsp3) is 0.179. The van der Waals surface area contributed by atoms with Gasteiger partial charge in [0.2, 0.25) is 11.9 Å². The van der Waals surface area contributed by atoms with Gasteiger partial charge in [-0.1, -0.05) is 12.1 Å². The third-order valence-corrected chi connectivity index (χ3v) is 8.21. The van der Waals surface area contributed by atoms with E-state index in [-0.39, 0.29) is 69.6 Å². The number of carboxylic acid groups (broad SMARTS) is 1. The number of carbonyl (C=O) groups excluding carboxylic acids is 5. The van der Waals surface area contributed by atoms with Crippen molar-refractivity contribution in [1.82, 2.24) is 25.5 Å². The maximum absolute atomic E-state index is 13.5. The van der Waals surface area contributed by atoms with Crippen molar-refractivity contribution < 1.29 is 73.6 Å². The van der Waals surface area contributed by atoms with E-state index in [9.17, 15) is 44.1 Å². The number of β-lactam (4-membered cyclic amide) rings is 1. The molecule has 5 amide bonds. The van der Waals surface area contributed by atoms with E-state index in [1.54, 1.807) is 12.1 Å². The summed E-state index contributed by atoms with van der Waals surface area (Å²) in [6.07, 6.45) is -0.0659. The number of amides is 5. The van der Waals surface area contributed by atoms with Crippen LogP contribution in [-0.2, 0) is 19.1 Å². The number of anilines is 3. The number of aliphatic carboxylic acids is 1. The molecule has 0 bridgehead atoms. The Morgan fingerprint density at radius 2 is 1.73 bits per heavy atom. The Kier molecular flexibility index (Phi) is 11.2. The van der Waals surface area contributed by atoms with Crippen molar-refractivity contribution in [3.8, 4) is 11.5 Å². The van der Waals surface area contributed by atoms with Crippen molar-refractivity contribution >= 4 is 59.0 Å². The molecule has 0 saturated carbocycles. The van der Waals surface area contributed by atoms with Crippen LogP contribution in [-0.4, -0.2) is 78.8 Å². The second-order valence-corrected chi connectivity index (χ2v) is 11.1. The van der Waals surface area contributed by atoms with Crippen LogP contribution >= 0.6 is 11.8 Å². The molecule has 2 aliphatic rings. The van der Waals surface area contributed by atoms with E-state index >= 15 is 0 Å². The maximum atomic E-state index is 13.5. The van der Waals surface area contributed by atoms with Crippen LogP contribution in [0.15, 0.2) is 70.8 Å². The number of aromatic nitrogens is 2. The number of nitrogens with zero attached hydrogens (tertiary/aromatic N) is 2. The number of nitrogens with two attached hydrogens (primary N) is 1. The molecule has 3 atom stereocenters. The quantitative estimate of drug-likeness (QED) is 0.0579. The molecule has 1 aromatic heterocycles. The number of aromatic hydroxyl groups is 2. The van der Waals surface area contributed by atoms with Crippen molar-refractivity contribution in [2.24, 2.45) is 5.73 Å². The van der Waals surface area contributed by atoms with Gasteiger partial charge in [-0.25, -0.2) is 14.6 Å². The van der Waals surface area contributed by atoms with Crippen molar-refractivity contribution in [3.05, 3.63) is 81.9 Å². The van der Waals surface area contributed by atoms with Gasteiger partial charge in [-0.2, -0.15) is 0 Å². The van der Waals surface area contributed by atoms with Gasteiger partial charge in [0.1, 0.15) is 41.3 Å². The molecule has 3 aromatic rings. The van der Waals surface area contributed by atoms with Gasteiger partial charge in [0.25, 0.3) is 11.5 Å². The first-order valence-electron chi connectivity index (χ1n) is 13.5. The van der Waals surface area contributed by atoms with E-state index in [0.29, 0.717) is 5.69 Å². The van der Waals surface area contributed by atoms with Crippen LogP contribution in [0, 0.1) is 0 Å². The van der Waals surface area contributed by atoms with Crippen LogP contribution in [0.2, 0.25) is 0 Å². The smallest absolute Gasteiger partial charge is 0.543 e. The van der Waals surface area contributed by atoms with Crippen molar-refractivity contribution in [3.63, 3.8) is 0 Å². The number of rotatable bonds is 10. The Balaban J connectivity index is 0.00000520. The molecule has 244 valence electrons. The van der Waals surface area contributed by atoms with Crippen molar-refractivity contribution in [2.45, 2.75) is 17.5 Å². The molecule has 9 N–H and O–H groups in total. The van der Waals surface area contributed by atoms with Gasteiger partial charge in [-0.15, -0.1) is 11.8 Å². The largest absolute Gasteiger partial charge is 1.00 e. The molecule has 3 heterocycles. The van der Waals surface area contributed by atoms with Crippen LogP contribution in [0.4, 0.5) is 26.9 Å². The van der Waals surface area contributed by atoms with Gasteiger partial charge in [0, 0.05) is 17.0 Å². The molecule has 1 fully saturated rings. The first kappa shape index (κ1) is 35.6. The minimum absolute atomic E-state index is 0. The predicted molar refractivity (Wildman–Crippen MR) is 162 cm³/mol. The number of nitrogens with one attached hydrogen (secondary N) is 5. The van der Waals surface area contributed by atoms with Gasteiger partial charge < -0.3 is 51.9 Å². The topological polar surface area (TPSA) is 281 Å². The minimum atomic E-state index is -1.69. The molecular formula is C28H25N8NaO10S. The number of aromatic amines is 1. The van der Waals surface area contributed by atoms with Crippen LogP contribution < -0.4 is 67.2 Å². The zero-order chi connectivity index (χ0) is 33.8. The number of urea groups is 1. The average molecular weight is 689 g/mol. The molecule has 2 aromatic carbocycles. The van der Waals surface area contributed by atoms with Crippen LogP contribution in [0.1, 0.15) is 11.6 Å². The Bertz CT molecular complexity index is 1840. The number of phenolic OH excluding ortho intramolecular Hbond substituents is 2. The van der Waals surface area contributed by atoms with Gasteiger partial charge in [0.05, 0.1) is 17.9 Å². The zero-order valence-corrected chi connectivity index (χ0v) is 27.7. The first-order valence-corrected chi connectivity index (χ1v) is 14.6. The third-order valence-electron chi connectivity index (χ3n) is 6.87. The number of hydrogen-bond acceptors (Lipinski definition) is 13. The van der Waals surface area contributed by atoms with E-state index < -0.39 is 65.2 Å².